The van der Waals surface area contributed by atoms with Crippen molar-refractivity contribution in [1.29, 1.82) is 0 Å². The van der Waals surface area contributed by atoms with Crippen LogP contribution in [-0.4, -0.2) is 30.0 Å². The minimum atomic E-state index is -0.655. The SMILES string of the molecule is COc1ccc(-c2cc[n+](C)cc2)cc1CN(C(=O)c1sc2c(F)ccc(F)c2c1Cl)C1CCC(NCl)CC1. The van der Waals surface area contributed by atoms with E-state index in [0.29, 0.717) is 5.75 Å². The average molecular weight is 592 g/mol. The van der Waals surface area contributed by atoms with Gasteiger partial charge in [-0.1, -0.05) is 17.7 Å². The standard InChI is InChI=1S/C29H28Cl2F2N3O2S/c1-35-13-11-17(12-14-35)18-3-10-24(38-2)19(15-18)16-36(21-6-4-20(34-31)5-7-21)29(37)28-26(30)25-22(32)8-9-23(33)27(25)39-28/h3,8-15,20-21,34H,4-7,16H2,1-2H3/q+1. The smallest absolute Gasteiger partial charge is 0.266 e. The lowest BCUT2D eigenvalue weighted by Crippen LogP contribution is -2.43. The zero-order valence-electron chi connectivity index (χ0n) is 21.5. The molecule has 39 heavy (non-hydrogen) atoms. The second kappa shape index (κ2) is 11.8. The van der Waals surface area contributed by atoms with E-state index in [2.05, 4.69) is 4.84 Å². The number of nitrogens with zero attached hydrogens (tertiary/aromatic N) is 2. The Morgan fingerprint density at radius 1 is 1.08 bits per heavy atom. The van der Waals surface area contributed by atoms with Gasteiger partial charge >= 0.3 is 0 Å². The van der Waals surface area contributed by atoms with Crippen molar-refractivity contribution in [3.63, 3.8) is 0 Å². The summed E-state index contributed by atoms with van der Waals surface area (Å²) < 4.78 is 36.8. The van der Waals surface area contributed by atoms with Gasteiger partial charge in [-0.15, -0.1) is 11.3 Å². The molecule has 1 amide bonds. The summed E-state index contributed by atoms with van der Waals surface area (Å²) in [6, 6.07) is 12.1. The fraction of sp³-hybridized carbons (Fsp3) is 0.310. The van der Waals surface area contributed by atoms with Crippen molar-refractivity contribution >= 4 is 50.7 Å². The molecule has 5 rings (SSSR count). The number of methoxy groups -OCH3 is 1. The van der Waals surface area contributed by atoms with Gasteiger partial charge in [-0.2, -0.15) is 0 Å². The predicted molar refractivity (Wildman–Crippen MR) is 151 cm³/mol. The third kappa shape index (κ3) is 5.61. The third-order valence-electron chi connectivity index (χ3n) is 7.36. The lowest BCUT2D eigenvalue weighted by atomic mass is 9.90. The molecule has 4 aromatic rings. The lowest BCUT2D eigenvalue weighted by Gasteiger charge is -2.37. The minimum Gasteiger partial charge on any atom is -0.496 e. The molecule has 0 radical (unpaired) electrons. The molecule has 2 heterocycles. The fourth-order valence-electron chi connectivity index (χ4n) is 5.19. The van der Waals surface area contributed by atoms with Crippen molar-refractivity contribution in [3.05, 3.63) is 82.0 Å². The quantitative estimate of drug-likeness (QED) is 0.186. The van der Waals surface area contributed by atoms with Crippen LogP contribution in [0.25, 0.3) is 21.2 Å². The summed E-state index contributed by atoms with van der Waals surface area (Å²) in [6.07, 6.45) is 6.97. The number of nitrogens with one attached hydrogen (secondary N) is 1. The summed E-state index contributed by atoms with van der Waals surface area (Å²) in [7, 11) is 3.55. The maximum absolute atomic E-state index is 14.6. The Morgan fingerprint density at radius 2 is 1.77 bits per heavy atom. The monoisotopic (exact) mass is 590 g/mol. The molecule has 5 nitrogen and oxygen atoms in total. The second-order valence-electron chi connectivity index (χ2n) is 9.81. The van der Waals surface area contributed by atoms with Gasteiger partial charge < -0.3 is 9.64 Å². The second-order valence-corrected chi connectivity index (χ2v) is 11.4. The normalized spacial score (nSPS) is 17.4. The van der Waals surface area contributed by atoms with E-state index in [1.807, 2.05) is 54.3 Å². The van der Waals surface area contributed by atoms with E-state index in [9.17, 15) is 13.6 Å². The van der Waals surface area contributed by atoms with Crippen molar-refractivity contribution in [2.24, 2.45) is 7.05 Å². The van der Waals surface area contributed by atoms with Gasteiger partial charge in [0.1, 0.15) is 29.3 Å². The van der Waals surface area contributed by atoms with Crippen LogP contribution in [-0.2, 0) is 13.6 Å². The van der Waals surface area contributed by atoms with Crippen molar-refractivity contribution in [2.75, 3.05) is 7.11 Å². The first-order valence-corrected chi connectivity index (χ1v) is 14.2. The number of hydrogen-bond donors (Lipinski definition) is 1. The van der Waals surface area contributed by atoms with Crippen LogP contribution in [0.4, 0.5) is 8.78 Å². The number of rotatable bonds is 7. The molecule has 0 aliphatic heterocycles. The first kappa shape index (κ1) is 27.8. The largest absolute Gasteiger partial charge is 0.496 e. The maximum Gasteiger partial charge on any atom is 0.266 e. The fourth-order valence-corrected chi connectivity index (χ4v) is 6.91. The number of aryl methyl sites for hydroxylation is 1. The number of pyridine rings is 1. The van der Waals surface area contributed by atoms with Gasteiger partial charge in [0.25, 0.3) is 5.91 Å². The van der Waals surface area contributed by atoms with Gasteiger partial charge in [0.05, 0.1) is 22.2 Å². The van der Waals surface area contributed by atoms with E-state index in [-0.39, 0.29) is 44.5 Å². The Morgan fingerprint density at radius 3 is 2.41 bits per heavy atom. The van der Waals surface area contributed by atoms with Crippen molar-refractivity contribution in [1.82, 2.24) is 9.74 Å². The average Bonchev–Trinajstić information content (AvgIpc) is 3.32. The molecule has 10 heteroatoms. The number of thiophene rings is 1. The Hall–Kier alpha value is -2.78. The van der Waals surface area contributed by atoms with E-state index >= 15 is 0 Å². The van der Waals surface area contributed by atoms with Gasteiger partial charge in [0, 0.05) is 36.3 Å². The molecule has 0 atom stereocenters. The maximum atomic E-state index is 14.6. The summed E-state index contributed by atoms with van der Waals surface area (Å²) >= 11 is 13.3. The summed E-state index contributed by atoms with van der Waals surface area (Å²) in [5.74, 6) is -0.976. The van der Waals surface area contributed by atoms with Crippen LogP contribution in [0.2, 0.25) is 5.02 Å². The lowest BCUT2D eigenvalue weighted by molar-refractivity contribution is -0.671. The molecule has 1 fully saturated rings. The van der Waals surface area contributed by atoms with Crippen LogP contribution in [0.1, 0.15) is 40.9 Å². The number of aromatic nitrogens is 1. The van der Waals surface area contributed by atoms with Crippen LogP contribution in [0.5, 0.6) is 5.75 Å². The Kier molecular flexibility index (Phi) is 8.38. The first-order valence-electron chi connectivity index (χ1n) is 12.7. The first-order chi connectivity index (χ1) is 18.8. The van der Waals surface area contributed by atoms with Crippen molar-refractivity contribution in [3.8, 4) is 16.9 Å². The molecule has 0 unspecified atom stereocenters. The molecule has 0 bridgehead atoms. The topological polar surface area (TPSA) is 45.5 Å². The molecule has 0 spiro atoms. The molecule has 1 saturated carbocycles. The summed E-state index contributed by atoms with van der Waals surface area (Å²) in [5.41, 5.74) is 2.84. The van der Waals surface area contributed by atoms with E-state index in [1.165, 1.54) is 0 Å². The number of amides is 1. The highest BCUT2D eigenvalue weighted by atomic mass is 35.5. The molecular weight excluding hydrogens is 563 g/mol. The Labute approximate surface area is 240 Å². The van der Waals surface area contributed by atoms with E-state index < -0.39 is 11.6 Å². The molecule has 204 valence electrons. The number of hydrogen-bond acceptors (Lipinski definition) is 4. The molecule has 1 aliphatic rings. The molecule has 1 aliphatic carbocycles. The molecular formula is C29H28Cl2F2N3O2S+. The van der Waals surface area contributed by atoms with E-state index in [0.717, 1.165) is 65.8 Å². The molecule has 2 aromatic heterocycles. The number of halogens is 4. The molecule has 1 N–H and O–H groups in total. The third-order valence-corrected chi connectivity index (χ3v) is 9.35. The highest BCUT2D eigenvalue weighted by molar-refractivity contribution is 7.21. The highest BCUT2D eigenvalue weighted by Crippen LogP contribution is 2.40. The number of ether oxygens (including phenoxy) is 1. The van der Waals surface area contributed by atoms with Crippen molar-refractivity contribution < 1.29 is 22.9 Å². The number of carbonyl (C=O) groups excluding carboxylic acids is 1. The zero-order chi connectivity index (χ0) is 27.7. The van der Waals surface area contributed by atoms with Gasteiger partial charge in [-0.05, 0) is 72.9 Å². The number of carbonyl (C=O) groups is 1. The zero-order valence-corrected chi connectivity index (χ0v) is 23.8. The van der Waals surface area contributed by atoms with Crippen LogP contribution in [0, 0.1) is 11.6 Å². The van der Waals surface area contributed by atoms with Crippen LogP contribution < -0.4 is 14.1 Å². The summed E-state index contributed by atoms with van der Waals surface area (Å²) in [6.45, 7) is 0.246. The van der Waals surface area contributed by atoms with Crippen LogP contribution >= 0.6 is 34.7 Å². The Bertz CT molecular complexity index is 1500. The minimum absolute atomic E-state index is 0.0372. The van der Waals surface area contributed by atoms with Gasteiger partial charge in [0.15, 0.2) is 12.4 Å². The van der Waals surface area contributed by atoms with Gasteiger partial charge in [-0.25, -0.2) is 18.2 Å². The Balaban J connectivity index is 1.55. The van der Waals surface area contributed by atoms with Gasteiger partial charge in [0.2, 0.25) is 0 Å². The number of fused-ring (bicyclic) bond motifs is 1. The summed E-state index contributed by atoms with van der Waals surface area (Å²) in [5, 5.41) is -0.118. The van der Waals surface area contributed by atoms with Crippen LogP contribution in [0.15, 0.2) is 54.9 Å². The number of benzene rings is 2. The van der Waals surface area contributed by atoms with E-state index in [1.54, 1.807) is 12.0 Å². The van der Waals surface area contributed by atoms with E-state index in [4.69, 9.17) is 28.1 Å². The van der Waals surface area contributed by atoms with Crippen LogP contribution in [0.3, 0.4) is 0 Å². The highest BCUT2D eigenvalue weighted by Gasteiger charge is 2.33. The predicted octanol–water partition coefficient (Wildman–Crippen LogP) is 7.03. The van der Waals surface area contributed by atoms with Crippen molar-refractivity contribution in [2.45, 2.75) is 44.3 Å². The molecule has 0 saturated heterocycles. The summed E-state index contributed by atoms with van der Waals surface area (Å²) in [4.78, 5) is 18.8. The van der Waals surface area contributed by atoms with Gasteiger partial charge in [-0.3, -0.25) is 4.79 Å². The molecule has 2 aromatic carbocycles.